The number of aryl methyl sites for hydroxylation is 1. The zero-order valence-corrected chi connectivity index (χ0v) is 12.8. The van der Waals surface area contributed by atoms with Crippen molar-refractivity contribution in [1.29, 1.82) is 5.26 Å². The number of anilines is 1. The lowest BCUT2D eigenvalue weighted by Gasteiger charge is -2.29. The molecular weight excluding hydrogens is 292 g/mol. The highest BCUT2D eigenvalue weighted by molar-refractivity contribution is 6.02. The van der Waals surface area contributed by atoms with Crippen LogP contribution in [0.2, 0.25) is 0 Å². The largest absolute Gasteiger partial charge is 0.378 e. The Kier molecular flexibility index (Phi) is 3.24. The second-order valence-electron chi connectivity index (χ2n) is 5.59. The summed E-state index contributed by atoms with van der Waals surface area (Å²) in [5, 5.41) is 18.5. The number of nitrogens with one attached hydrogen (secondary N) is 1. The third kappa shape index (κ3) is 2.24. The van der Waals surface area contributed by atoms with Crippen LogP contribution >= 0.6 is 0 Å². The van der Waals surface area contributed by atoms with Gasteiger partial charge in [-0.05, 0) is 6.07 Å². The van der Waals surface area contributed by atoms with Crippen LogP contribution in [0.5, 0.6) is 0 Å². The SMILES string of the molecule is Cn1cc(-c2c[nH]c3nncc(N4CCOCC4)c23)cc1C#N. The first-order chi connectivity index (χ1) is 11.3. The summed E-state index contributed by atoms with van der Waals surface area (Å²) in [5.41, 5.74) is 4.47. The number of hydrogen-bond donors (Lipinski definition) is 1. The molecule has 0 bridgehead atoms. The summed E-state index contributed by atoms with van der Waals surface area (Å²) in [4.78, 5) is 5.46. The Morgan fingerprint density at radius 2 is 2.17 bits per heavy atom. The van der Waals surface area contributed by atoms with Crippen molar-refractivity contribution in [2.75, 3.05) is 31.2 Å². The van der Waals surface area contributed by atoms with E-state index in [1.54, 1.807) is 6.20 Å². The number of aromatic amines is 1. The Morgan fingerprint density at radius 1 is 1.35 bits per heavy atom. The Balaban J connectivity index is 1.88. The molecule has 0 atom stereocenters. The van der Waals surface area contributed by atoms with E-state index in [9.17, 15) is 5.26 Å². The molecule has 3 aromatic heterocycles. The molecular formula is C16H16N6O. The molecule has 1 N–H and O–H groups in total. The van der Waals surface area contributed by atoms with E-state index in [1.807, 2.05) is 30.1 Å². The van der Waals surface area contributed by atoms with Crippen molar-refractivity contribution in [3.63, 3.8) is 0 Å². The number of fused-ring (bicyclic) bond motifs is 1. The molecule has 0 saturated carbocycles. The van der Waals surface area contributed by atoms with Crippen molar-refractivity contribution < 1.29 is 4.74 Å². The maximum Gasteiger partial charge on any atom is 0.162 e. The lowest BCUT2D eigenvalue weighted by atomic mass is 10.1. The van der Waals surface area contributed by atoms with Crippen LogP contribution in [-0.2, 0) is 11.8 Å². The summed E-state index contributed by atoms with van der Waals surface area (Å²) < 4.78 is 7.27. The molecule has 0 amide bonds. The minimum atomic E-state index is 0.629. The second kappa shape index (κ2) is 5.41. The lowest BCUT2D eigenvalue weighted by Crippen LogP contribution is -2.36. The molecule has 0 aromatic carbocycles. The predicted molar refractivity (Wildman–Crippen MR) is 86.0 cm³/mol. The van der Waals surface area contributed by atoms with Crippen molar-refractivity contribution in [3.8, 4) is 17.2 Å². The third-order valence-corrected chi connectivity index (χ3v) is 4.24. The van der Waals surface area contributed by atoms with Crippen LogP contribution in [-0.4, -0.2) is 46.1 Å². The van der Waals surface area contributed by atoms with Gasteiger partial charge < -0.3 is 19.2 Å². The average Bonchev–Trinajstić information content (AvgIpc) is 3.18. The number of nitrogens with zero attached hydrogens (tertiary/aromatic N) is 5. The number of aromatic nitrogens is 4. The Morgan fingerprint density at radius 3 is 2.91 bits per heavy atom. The molecule has 4 rings (SSSR count). The van der Waals surface area contributed by atoms with E-state index in [2.05, 4.69) is 26.2 Å². The highest BCUT2D eigenvalue weighted by Crippen LogP contribution is 2.35. The Labute approximate surface area is 133 Å². The van der Waals surface area contributed by atoms with Crippen molar-refractivity contribution >= 4 is 16.7 Å². The van der Waals surface area contributed by atoms with Gasteiger partial charge in [0.05, 0.1) is 30.5 Å². The van der Waals surface area contributed by atoms with Gasteiger partial charge in [-0.2, -0.15) is 10.4 Å². The molecule has 0 unspecified atom stereocenters. The molecule has 116 valence electrons. The van der Waals surface area contributed by atoms with Crippen LogP contribution < -0.4 is 4.90 Å². The van der Waals surface area contributed by atoms with Gasteiger partial charge in [0.15, 0.2) is 5.65 Å². The van der Waals surface area contributed by atoms with Gasteiger partial charge in [0, 0.05) is 43.7 Å². The first-order valence-corrected chi connectivity index (χ1v) is 7.50. The molecule has 1 saturated heterocycles. The predicted octanol–water partition coefficient (Wildman–Crippen LogP) is 1.67. The number of hydrogen-bond acceptors (Lipinski definition) is 5. The molecule has 3 aromatic rings. The quantitative estimate of drug-likeness (QED) is 0.778. The zero-order valence-electron chi connectivity index (χ0n) is 12.8. The smallest absolute Gasteiger partial charge is 0.162 e. The van der Waals surface area contributed by atoms with Gasteiger partial charge in [-0.3, -0.25) is 0 Å². The summed E-state index contributed by atoms with van der Waals surface area (Å²) >= 11 is 0. The minimum absolute atomic E-state index is 0.629. The van der Waals surface area contributed by atoms with Crippen molar-refractivity contribution in [2.45, 2.75) is 0 Å². The molecule has 0 spiro atoms. The third-order valence-electron chi connectivity index (χ3n) is 4.24. The molecule has 4 heterocycles. The van der Waals surface area contributed by atoms with Crippen LogP contribution in [0, 0.1) is 11.3 Å². The first kappa shape index (κ1) is 13.8. The minimum Gasteiger partial charge on any atom is -0.378 e. The summed E-state index contributed by atoms with van der Waals surface area (Å²) in [6.45, 7) is 3.11. The van der Waals surface area contributed by atoms with E-state index in [1.165, 1.54) is 0 Å². The lowest BCUT2D eigenvalue weighted by molar-refractivity contribution is 0.123. The van der Waals surface area contributed by atoms with Crippen LogP contribution in [0.4, 0.5) is 5.69 Å². The molecule has 7 heteroatoms. The van der Waals surface area contributed by atoms with Crippen LogP contribution in [0.3, 0.4) is 0 Å². The second-order valence-corrected chi connectivity index (χ2v) is 5.59. The van der Waals surface area contributed by atoms with E-state index in [0.29, 0.717) is 18.9 Å². The topological polar surface area (TPSA) is 82.8 Å². The van der Waals surface area contributed by atoms with Gasteiger partial charge in [-0.25, -0.2) is 0 Å². The van der Waals surface area contributed by atoms with Crippen LogP contribution in [0.1, 0.15) is 5.69 Å². The van der Waals surface area contributed by atoms with E-state index >= 15 is 0 Å². The average molecular weight is 308 g/mol. The molecule has 1 aliphatic heterocycles. The molecule has 1 fully saturated rings. The maximum absolute atomic E-state index is 9.18. The van der Waals surface area contributed by atoms with Gasteiger partial charge in [0.1, 0.15) is 11.8 Å². The maximum atomic E-state index is 9.18. The highest BCUT2D eigenvalue weighted by atomic mass is 16.5. The highest BCUT2D eigenvalue weighted by Gasteiger charge is 2.19. The number of H-pyrrole nitrogens is 1. The van der Waals surface area contributed by atoms with Crippen molar-refractivity contribution in [1.82, 2.24) is 19.7 Å². The summed E-state index contributed by atoms with van der Waals surface area (Å²) in [5.74, 6) is 0. The van der Waals surface area contributed by atoms with E-state index < -0.39 is 0 Å². The van der Waals surface area contributed by atoms with E-state index in [4.69, 9.17) is 4.74 Å². The monoisotopic (exact) mass is 308 g/mol. The number of morpholine rings is 1. The van der Waals surface area contributed by atoms with Gasteiger partial charge in [0.25, 0.3) is 0 Å². The zero-order chi connectivity index (χ0) is 15.8. The van der Waals surface area contributed by atoms with Crippen LogP contribution in [0.15, 0.2) is 24.7 Å². The van der Waals surface area contributed by atoms with Crippen LogP contribution in [0.25, 0.3) is 22.2 Å². The normalized spacial score (nSPS) is 15.0. The number of rotatable bonds is 2. The van der Waals surface area contributed by atoms with Gasteiger partial charge in [-0.1, -0.05) is 0 Å². The van der Waals surface area contributed by atoms with Gasteiger partial charge >= 0.3 is 0 Å². The summed E-state index contributed by atoms with van der Waals surface area (Å²) in [6.07, 6.45) is 5.70. The molecule has 7 nitrogen and oxygen atoms in total. The molecule has 0 radical (unpaired) electrons. The fraction of sp³-hybridized carbons (Fsp3) is 0.312. The summed E-state index contributed by atoms with van der Waals surface area (Å²) in [6, 6.07) is 4.10. The Hall–Kier alpha value is -2.85. The molecule has 1 aliphatic rings. The Bertz CT molecular complexity index is 897. The molecule has 23 heavy (non-hydrogen) atoms. The van der Waals surface area contributed by atoms with E-state index in [-0.39, 0.29) is 0 Å². The number of nitriles is 1. The molecule has 0 aliphatic carbocycles. The van der Waals surface area contributed by atoms with Crippen molar-refractivity contribution in [2.24, 2.45) is 7.05 Å². The standard InChI is InChI=1S/C16H16N6O/c1-21-10-11(6-12(21)7-17)13-8-18-16-15(13)14(9-19-20-16)22-2-4-23-5-3-22/h6,8-10H,2-5H2,1H3,(H,18,20). The fourth-order valence-electron chi connectivity index (χ4n) is 3.05. The van der Waals surface area contributed by atoms with Gasteiger partial charge in [-0.15, -0.1) is 5.10 Å². The fourth-order valence-corrected chi connectivity index (χ4v) is 3.05. The van der Waals surface area contributed by atoms with E-state index in [0.717, 1.165) is 40.9 Å². The summed E-state index contributed by atoms with van der Waals surface area (Å²) in [7, 11) is 1.87. The van der Waals surface area contributed by atoms with Gasteiger partial charge in [0.2, 0.25) is 0 Å². The first-order valence-electron chi connectivity index (χ1n) is 7.50. The number of ether oxygens (including phenoxy) is 1. The van der Waals surface area contributed by atoms with Crippen molar-refractivity contribution in [3.05, 3.63) is 30.4 Å².